The van der Waals surface area contributed by atoms with Crippen LogP contribution in [0.5, 0.6) is 0 Å². The van der Waals surface area contributed by atoms with Gasteiger partial charge < -0.3 is 24.8 Å². The molecule has 1 aromatic heterocycles. The summed E-state index contributed by atoms with van der Waals surface area (Å²) < 4.78 is 7.29. The maximum atomic E-state index is 13.1. The molecule has 9 heteroatoms. The van der Waals surface area contributed by atoms with Gasteiger partial charge in [-0.3, -0.25) is 9.59 Å². The maximum absolute atomic E-state index is 13.1. The molecule has 2 amide bonds. The average Bonchev–Trinajstić information content (AvgIpc) is 3.08. The quantitative estimate of drug-likeness (QED) is 0.680. The molecular weight excluding hydrogens is 444 g/mol. The number of anilines is 1. The molecule has 0 saturated carbocycles. The van der Waals surface area contributed by atoms with E-state index in [2.05, 4.69) is 25.4 Å². The first-order valence-electron chi connectivity index (χ1n) is 13.0. The Morgan fingerprint density at radius 3 is 2.71 bits per heavy atom. The molecule has 0 radical (unpaired) electrons. The van der Waals surface area contributed by atoms with Crippen molar-refractivity contribution >= 4 is 17.5 Å². The van der Waals surface area contributed by atoms with Crippen LogP contribution < -0.4 is 15.5 Å². The average molecular weight is 483 g/mol. The zero-order chi connectivity index (χ0) is 24.5. The Kier molecular flexibility index (Phi) is 9.25. The van der Waals surface area contributed by atoms with Crippen LogP contribution in [0.4, 0.5) is 5.69 Å². The summed E-state index contributed by atoms with van der Waals surface area (Å²) in [5.74, 6) is 1.60. The third-order valence-corrected chi connectivity index (χ3v) is 6.85. The number of aryl methyl sites for hydroxylation is 1. The molecular formula is C26H38N6O3. The maximum Gasteiger partial charge on any atom is 0.252 e. The lowest BCUT2D eigenvalue weighted by atomic mass is 10.0. The second-order valence-corrected chi connectivity index (χ2v) is 9.44. The Hall–Kier alpha value is -2.78. The predicted molar refractivity (Wildman–Crippen MR) is 134 cm³/mol. The molecule has 2 N–H and O–H groups in total. The van der Waals surface area contributed by atoms with Crippen LogP contribution in [0.1, 0.15) is 78.9 Å². The van der Waals surface area contributed by atoms with Crippen molar-refractivity contribution in [1.82, 2.24) is 25.4 Å². The number of rotatable bonds is 5. The van der Waals surface area contributed by atoms with Crippen LogP contribution >= 0.6 is 0 Å². The standard InChI is InChI=1S/C26H38N6O3/c1-35-19-25(33)31-14-8-4-2-3-7-13-27-17-21-16-20(11-12-22(21)31)26(34)28-18-24-30-29-23-10-6-5-9-15-32(23)24/h11-12,16,27H,2-10,13-15,17-19H2,1H3,(H,28,34). The Bertz CT molecular complexity index is 1000. The van der Waals surface area contributed by atoms with Crippen molar-refractivity contribution in [2.24, 2.45) is 0 Å². The van der Waals surface area contributed by atoms with Crippen molar-refractivity contribution < 1.29 is 14.3 Å². The van der Waals surface area contributed by atoms with Gasteiger partial charge in [-0.15, -0.1) is 10.2 Å². The van der Waals surface area contributed by atoms with E-state index in [0.29, 0.717) is 25.2 Å². The molecule has 9 nitrogen and oxygen atoms in total. The SMILES string of the molecule is COCC(=O)N1CCCCCCCNCc2cc(C(=O)NCc3nnc4n3CCCCC4)ccc21. The monoisotopic (exact) mass is 482 g/mol. The number of methoxy groups -OCH3 is 1. The largest absolute Gasteiger partial charge is 0.375 e. The van der Waals surface area contributed by atoms with Crippen LogP contribution in [-0.2, 0) is 35.6 Å². The molecule has 0 atom stereocenters. The second-order valence-electron chi connectivity index (χ2n) is 9.44. The molecule has 2 aliphatic rings. The van der Waals surface area contributed by atoms with Crippen molar-refractivity contribution in [2.75, 3.05) is 31.7 Å². The topological polar surface area (TPSA) is 101 Å². The smallest absolute Gasteiger partial charge is 0.252 e. The van der Waals surface area contributed by atoms with Crippen molar-refractivity contribution in [1.29, 1.82) is 0 Å². The highest BCUT2D eigenvalue weighted by molar-refractivity contribution is 5.98. The summed E-state index contributed by atoms with van der Waals surface area (Å²) in [5.41, 5.74) is 2.37. The van der Waals surface area contributed by atoms with E-state index in [1.165, 1.54) is 19.3 Å². The van der Waals surface area contributed by atoms with E-state index in [1.807, 2.05) is 17.0 Å². The van der Waals surface area contributed by atoms with Crippen molar-refractivity contribution in [3.05, 3.63) is 41.0 Å². The first-order valence-corrected chi connectivity index (χ1v) is 13.0. The lowest BCUT2D eigenvalue weighted by Gasteiger charge is -2.26. The Labute approximate surface area is 207 Å². The molecule has 2 aromatic rings. The minimum absolute atomic E-state index is 0.0395. The van der Waals surface area contributed by atoms with Gasteiger partial charge >= 0.3 is 0 Å². The van der Waals surface area contributed by atoms with Crippen LogP contribution in [0, 0.1) is 0 Å². The predicted octanol–water partition coefficient (Wildman–Crippen LogP) is 2.97. The fourth-order valence-corrected chi connectivity index (χ4v) is 4.92. The molecule has 0 bridgehead atoms. The van der Waals surface area contributed by atoms with Crippen LogP contribution in [0.25, 0.3) is 0 Å². The molecule has 0 aliphatic carbocycles. The molecule has 1 aromatic carbocycles. The molecule has 4 rings (SSSR count). The van der Waals surface area contributed by atoms with Gasteiger partial charge in [0.2, 0.25) is 0 Å². The molecule has 0 spiro atoms. The van der Waals surface area contributed by atoms with Gasteiger partial charge in [-0.25, -0.2) is 0 Å². The first-order chi connectivity index (χ1) is 17.2. The van der Waals surface area contributed by atoms with Crippen LogP contribution in [0.3, 0.4) is 0 Å². The first kappa shape index (κ1) is 25.3. The third kappa shape index (κ3) is 6.67. The fourth-order valence-electron chi connectivity index (χ4n) is 4.92. The number of carbonyl (C=O) groups is 2. The minimum atomic E-state index is -0.153. The number of amides is 2. The number of ether oxygens (including phenoxy) is 1. The normalized spacial score (nSPS) is 17.3. The number of hydrogen-bond acceptors (Lipinski definition) is 6. The Morgan fingerprint density at radius 1 is 1.03 bits per heavy atom. The van der Waals surface area contributed by atoms with Crippen molar-refractivity contribution in [2.45, 2.75) is 77.4 Å². The van der Waals surface area contributed by atoms with Gasteiger partial charge in [0, 0.05) is 44.4 Å². The Balaban J connectivity index is 1.51. The van der Waals surface area contributed by atoms with E-state index in [-0.39, 0.29) is 18.4 Å². The zero-order valence-electron chi connectivity index (χ0n) is 20.9. The molecule has 190 valence electrons. The molecule has 0 fully saturated rings. The lowest BCUT2D eigenvalue weighted by Crippen LogP contribution is -2.36. The molecule has 0 saturated heterocycles. The highest BCUT2D eigenvalue weighted by Crippen LogP contribution is 2.24. The number of hydrogen-bond donors (Lipinski definition) is 2. The third-order valence-electron chi connectivity index (χ3n) is 6.85. The second kappa shape index (κ2) is 12.8. The number of aromatic nitrogens is 3. The van der Waals surface area contributed by atoms with E-state index < -0.39 is 0 Å². The summed E-state index contributed by atoms with van der Waals surface area (Å²) in [6.07, 6.45) is 9.92. The fraction of sp³-hybridized carbons (Fsp3) is 0.615. The van der Waals surface area contributed by atoms with Crippen LogP contribution in [0.15, 0.2) is 18.2 Å². The summed E-state index contributed by atoms with van der Waals surface area (Å²) in [7, 11) is 1.54. The highest BCUT2D eigenvalue weighted by Gasteiger charge is 2.21. The molecule has 35 heavy (non-hydrogen) atoms. The van der Waals surface area contributed by atoms with Gasteiger partial charge in [0.05, 0.1) is 6.54 Å². The lowest BCUT2D eigenvalue weighted by molar-refractivity contribution is -0.122. The van der Waals surface area contributed by atoms with Gasteiger partial charge in [0.1, 0.15) is 12.4 Å². The highest BCUT2D eigenvalue weighted by atomic mass is 16.5. The van der Waals surface area contributed by atoms with E-state index in [9.17, 15) is 9.59 Å². The summed E-state index contributed by atoms with van der Waals surface area (Å²) in [4.78, 5) is 27.7. The number of nitrogens with zero attached hydrogens (tertiary/aromatic N) is 4. The van der Waals surface area contributed by atoms with Gasteiger partial charge in [-0.1, -0.05) is 25.7 Å². The number of benzene rings is 1. The number of carbonyl (C=O) groups excluding carboxylic acids is 2. The number of nitrogens with one attached hydrogen (secondary N) is 2. The van der Waals surface area contributed by atoms with E-state index in [4.69, 9.17) is 4.74 Å². The molecule has 3 heterocycles. The van der Waals surface area contributed by atoms with Crippen LogP contribution in [-0.4, -0.2) is 53.4 Å². The van der Waals surface area contributed by atoms with E-state index in [1.54, 1.807) is 13.2 Å². The van der Waals surface area contributed by atoms with Gasteiger partial charge in [-0.05, 0) is 56.0 Å². The van der Waals surface area contributed by atoms with E-state index >= 15 is 0 Å². The molecule has 0 unspecified atom stereocenters. The van der Waals surface area contributed by atoms with Crippen LogP contribution in [0.2, 0.25) is 0 Å². The van der Waals surface area contributed by atoms with Gasteiger partial charge in [0.15, 0.2) is 5.82 Å². The van der Waals surface area contributed by atoms with E-state index in [0.717, 1.165) is 74.5 Å². The van der Waals surface area contributed by atoms with Crippen molar-refractivity contribution in [3.63, 3.8) is 0 Å². The van der Waals surface area contributed by atoms with Gasteiger partial charge in [0.25, 0.3) is 11.8 Å². The van der Waals surface area contributed by atoms with Crippen molar-refractivity contribution in [3.8, 4) is 0 Å². The summed E-state index contributed by atoms with van der Waals surface area (Å²) in [5, 5.41) is 15.1. The summed E-state index contributed by atoms with van der Waals surface area (Å²) in [6.45, 7) is 3.46. The summed E-state index contributed by atoms with van der Waals surface area (Å²) >= 11 is 0. The Morgan fingerprint density at radius 2 is 1.83 bits per heavy atom. The van der Waals surface area contributed by atoms with Gasteiger partial charge in [-0.2, -0.15) is 0 Å². The minimum Gasteiger partial charge on any atom is -0.375 e. The zero-order valence-corrected chi connectivity index (χ0v) is 20.9. The number of fused-ring (bicyclic) bond motifs is 2. The molecule has 2 aliphatic heterocycles. The summed E-state index contributed by atoms with van der Waals surface area (Å²) in [6, 6.07) is 5.60.